The van der Waals surface area contributed by atoms with Gasteiger partial charge in [-0.1, -0.05) is 11.2 Å². The first-order valence-electron chi connectivity index (χ1n) is 11.7. The van der Waals surface area contributed by atoms with Gasteiger partial charge < -0.3 is 24.1 Å². The number of oxime groups is 1. The van der Waals surface area contributed by atoms with Crippen LogP contribution in [0.15, 0.2) is 59.7 Å². The van der Waals surface area contributed by atoms with E-state index < -0.39 is 23.0 Å². The van der Waals surface area contributed by atoms with Crippen LogP contribution < -0.4 is 4.74 Å². The van der Waals surface area contributed by atoms with Crippen molar-refractivity contribution in [1.29, 1.82) is 0 Å². The first-order chi connectivity index (χ1) is 17.1. The standard InChI is InChI=1S/C27H28F2N4O3/c1-17-15-32(16-30-17)23-8-7-18(11-24(23)35-4)10-19-6-5-9-33-25(19)31-36-27(33,26(2,3)34)20-12-21(28)14-22(29)13-20/h7-8,10-16,34H,5-6,9H2,1-4H3. The highest BCUT2D eigenvalue weighted by molar-refractivity contribution is 6.03. The lowest BCUT2D eigenvalue weighted by Gasteiger charge is -2.46. The summed E-state index contributed by atoms with van der Waals surface area (Å²) < 4.78 is 35.9. The van der Waals surface area contributed by atoms with Crippen molar-refractivity contribution in [3.8, 4) is 11.4 Å². The number of aryl methyl sites for hydroxylation is 1. The van der Waals surface area contributed by atoms with Gasteiger partial charge in [-0.15, -0.1) is 0 Å². The molecule has 0 spiro atoms. The molecule has 0 radical (unpaired) electrons. The van der Waals surface area contributed by atoms with Crippen LogP contribution in [-0.2, 0) is 10.6 Å². The van der Waals surface area contributed by atoms with Crippen LogP contribution in [0.2, 0.25) is 0 Å². The highest BCUT2D eigenvalue weighted by atomic mass is 19.1. The molecule has 2 aromatic carbocycles. The van der Waals surface area contributed by atoms with Crippen molar-refractivity contribution >= 4 is 11.9 Å². The number of halogens is 2. The molecule has 2 aliphatic rings. The highest BCUT2D eigenvalue weighted by Crippen LogP contribution is 2.47. The van der Waals surface area contributed by atoms with Crippen LogP contribution in [0, 0.1) is 18.6 Å². The van der Waals surface area contributed by atoms with E-state index >= 15 is 0 Å². The summed E-state index contributed by atoms with van der Waals surface area (Å²) in [6, 6.07) is 9.01. The van der Waals surface area contributed by atoms with E-state index in [2.05, 4.69) is 10.1 Å². The Hall–Kier alpha value is -3.72. The number of piperidine rings is 1. The van der Waals surface area contributed by atoms with E-state index in [1.165, 1.54) is 12.1 Å². The molecule has 3 aromatic rings. The van der Waals surface area contributed by atoms with E-state index in [-0.39, 0.29) is 5.56 Å². The molecule has 1 atom stereocenters. The second kappa shape index (κ2) is 8.74. The normalized spacial score (nSPS) is 20.8. The lowest BCUT2D eigenvalue weighted by Crippen LogP contribution is -2.60. The van der Waals surface area contributed by atoms with Gasteiger partial charge >= 0.3 is 0 Å². The molecule has 0 saturated carbocycles. The zero-order chi connectivity index (χ0) is 25.7. The fourth-order valence-electron chi connectivity index (χ4n) is 5.03. The first-order valence-corrected chi connectivity index (χ1v) is 11.7. The van der Waals surface area contributed by atoms with Crippen molar-refractivity contribution in [2.45, 2.75) is 44.9 Å². The summed E-state index contributed by atoms with van der Waals surface area (Å²) in [7, 11) is 1.62. The fraction of sp³-hybridized carbons (Fsp3) is 0.333. The number of aromatic nitrogens is 2. The number of nitrogens with zero attached hydrogens (tertiary/aromatic N) is 4. The zero-order valence-electron chi connectivity index (χ0n) is 20.6. The molecule has 3 heterocycles. The molecule has 1 aromatic heterocycles. The van der Waals surface area contributed by atoms with Gasteiger partial charge in [-0.05, 0) is 75.1 Å². The molecule has 0 bridgehead atoms. The molecule has 0 amide bonds. The maximum absolute atomic E-state index is 14.2. The van der Waals surface area contributed by atoms with E-state index in [0.29, 0.717) is 18.1 Å². The summed E-state index contributed by atoms with van der Waals surface area (Å²) in [5, 5.41) is 15.5. The number of rotatable bonds is 5. The molecule has 2 aliphatic heterocycles. The number of imidazole rings is 1. The van der Waals surface area contributed by atoms with Crippen LogP contribution in [0.25, 0.3) is 11.8 Å². The van der Waals surface area contributed by atoms with Crippen LogP contribution in [0.4, 0.5) is 8.78 Å². The summed E-state index contributed by atoms with van der Waals surface area (Å²) in [6.07, 6.45) is 7.12. The van der Waals surface area contributed by atoms with E-state index in [0.717, 1.165) is 41.4 Å². The predicted octanol–water partition coefficient (Wildman–Crippen LogP) is 4.91. The third-order valence-electron chi connectivity index (χ3n) is 6.63. The number of aliphatic hydroxyl groups is 1. The molecule has 0 aliphatic carbocycles. The molecule has 1 saturated heterocycles. The molecule has 1 fully saturated rings. The Morgan fingerprint density at radius 3 is 2.56 bits per heavy atom. The quantitative estimate of drug-likeness (QED) is 0.546. The number of amidine groups is 1. The van der Waals surface area contributed by atoms with Crippen LogP contribution in [0.1, 0.15) is 43.5 Å². The van der Waals surface area contributed by atoms with Gasteiger partial charge in [0.25, 0.3) is 5.72 Å². The number of hydrogen-bond donors (Lipinski definition) is 1. The molecule has 1 unspecified atom stereocenters. The minimum absolute atomic E-state index is 0.161. The van der Waals surface area contributed by atoms with Gasteiger partial charge in [0.05, 0.1) is 24.8 Å². The summed E-state index contributed by atoms with van der Waals surface area (Å²) in [6.45, 7) is 5.52. The van der Waals surface area contributed by atoms with E-state index in [1.807, 2.05) is 42.0 Å². The predicted molar refractivity (Wildman–Crippen MR) is 132 cm³/mol. The first kappa shape index (κ1) is 24.0. The Morgan fingerprint density at radius 2 is 1.92 bits per heavy atom. The smallest absolute Gasteiger partial charge is 0.265 e. The summed E-state index contributed by atoms with van der Waals surface area (Å²) in [5.74, 6) is -0.293. The molecule has 5 rings (SSSR count). The van der Waals surface area contributed by atoms with Crippen molar-refractivity contribution in [1.82, 2.24) is 14.5 Å². The maximum Gasteiger partial charge on any atom is 0.265 e. The average Bonchev–Trinajstić information content (AvgIpc) is 3.43. The van der Waals surface area contributed by atoms with Gasteiger partial charge in [-0.25, -0.2) is 13.8 Å². The van der Waals surface area contributed by atoms with Gasteiger partial charge in [0.2, 0.25) is 0 Å². The van der Waals surface area contributed by atoms with Crippen LogP contribution in [0.3, 0.4) is 0 Å². The Balaban J connectivity index is 1.53. The van der Waals surface area contributed by atoms with Crippen molar-refractivity contribution in [2.75, 3.05) is 13.7 Å². The maximum atomic E-state index is 14.2. The SMILES string of the molecule is COc1cc(C=C2CCCN3C2=NOC3(c2cc(F)cc(F)c2)C(C)(C)O)ccc1-n1cnc(C)c1. The van der Waals surface area contributed by atoms with E-state index in [9.17, 15) is 13.9 Å². The number of fused-ring (bicyclic) bond motifs is 1. The lowest BCUT2D eigenvalue weighted by molar-refractivity contribution is -0.220. The van der Waals surface area contributed by atoms with Crippen LogP contribution >= 0.6 is 0 Å². The monoisotopic (exact) mass is 494 g/mol. The molecule has 1 N–H and O–H groups in total. The summed E-state index contributed by atoms with van der Waals surface area (Å²) in [5.41, 5.74) is 0.594. The Labute approximate surface area is 208 Å². The van der Waals surface area contributed by atoms with E-state index in [1.54, 1.807) is 32.2 Å². The second-order valence-electron chi connectivity index (χ2n) is 9.65. The molecule has 188 valence electrons. The lowest BCUT2D eigenvalue weighted by atomic mass is 9.83. The van der Waals surface area contributed by atoms with Gasteiger partial charge in [-0.3, -0.25) is 0 Å². The third kappa shape index (κ3) is 3.93. The van der Waals surface area contributed by atoms with Crippen molar-refractivity contribution in [3.05, 3.63) is 83.0 Å². The van der Waals surface area contributed by atoms with Gasteiger partial charge in [-0.2, -0.15) is 0 Å². The number of methoxy groups -OCH3 is 1. The molecular formula is C27H28F2N4O3. The molecular weight excluding hydrogens is 466 g/mol. The largest absolute Gasteiger partial charge is 0.495 e. The minimum atomic E-state index is -1.58. The minimum Gasteiger partial charge on any atom is -0.495 e. The topological polar surface area (TPSA) is 72.1 Å². The zero-order valence-corrected chi connectivity index (χ0v) is 20.6. The fourth-order valence-corrected chi connectivity index (χ4v) is 5.03. The van der Waals surface area contributed by atoms with Crippen LogP contribution in [-0.4, -0.2) is 44.6 Å². The average molecular weight is 495 g/mol. The number of ether oxygens (including phenoxy) is 1. The Kier molecular flexibility index (Phi) is 5.83. The Morgan fingerprint density at radius 1 is 1.17 bits per heavy atom. The van der Waals surface area contributed by atoms with Crippen molar-refractivity contribution in [3.63, 3.8) is 0 Å². The van der Waals surface area contributed by atoms with Gasteiger partial charge in [0.15, 0.2) is 5.84 Å². The molecule has 9 heteroatoms. The Bertz CT molecular complexity index is 1360. The van der Waals surface area contributed by atoms with Crippen molar-refractivity contribution in [2.24, 2.45) is 5.16 Å². The van der Waals surface area contributed by atoms with Gasteiger partial charge in [0.1, 0.15) is 23.0 Å². The van der Waals surface area contributed by atoms with Crippen molar-refractivity contribution < 1.29 is 23.5 Å². The molecule has 36 heavy (non-hydrogen) atoms. The number of hydrogen-bond acceptors (Lipinski definition) is 6. The van der Waals surface area contributed by atoms with Crippen LogP contribution in [0.5, 0.6) is 5.75 Å². The number of benzene rings is 2. The third-order valence-corrected chi connectivity index (χ3v) is 6.63. The van der Waals surface area contributed by atoms with E-state index in [4.69, 9.17) is 9.57 Å². The summed E-state index contributed by atoms with van der Waals surface area (Å²) in [4.78, 5) is 12.0. The summed E-state index contributed by atoms with van der Waals surface area (Å²) >= 11 is 0. The van der Waals surface area contributed by atoms with Gasteiger partial charge in [0, 0.05) is 24.4 Å². The molecule has 7 nitrogen and oxygen atoms in total. The highest BCUT2D eigenvalue weighted by Gasteiger charge is 2.59. The second-order valence-corrected chi connectivity index (χ2v) is 9.65.